The van der Waals surface area contributed by atoms with Crippen LogP contribution in [-0.4, -0.2) is 51.3 Å². The molecular weight excluding hydrogens is 408 g/mol. The summed E-state index contributed by atoms with van der Waals surface area (Å²) in [7, 11) is 0. The third-order valence-corrected chi connectivity index (χ3v) is 6.48. The van der Waals surface area contributed by atoms with Crippen molar-refractivity contribution in [3.05, 3.63) is 65.4 Å². The molecule has 8 nitrogen and oxygen atoms in total. The zero-order valence-electron chi connectivity index (χ0n) is 17.4. The molecule has 5 heterocycles. The van der Waals surface area contributed by atoms with Crippen LogP contribution in [0.4, 0.5) is 10.8 Å². The molecule has 5 rings (SSSR count). The van der Waals surface area contributed by atoms with E-state index >= 15 is 0 Å². The van der Waals surface area contributed by atoms with Crippen LogP contribution in [0.1, 0.15) is 29.8 Å². The fourth-order valence-corrected chi connectivity index (χ4v) is 4.79. The maximum atomic E-state index is 4.89. The van der Waals surface area contributed by atoms with Gasteiger partial charge in [-0.15, -0.1) is 11.3 Å². The zero-order chi connectivity index (χ0) is 21.2. The van der Waals surface area contributed by atoms with Gasteiger partial charge in [-0.2, -0.15) is 5.10 Å². The smallest absolute Gasteiger partial charge is 0.176 e. The Bertz CT molecular complexity index is 1080. The number of aromatic amines is 1. The summed E-state index contributed by atoms with van der Waals surface area (Å²) in [5.74, 6) is 1.61. The number of likely N-dealkylation sites (tertiary alicyclic amines) is 1. The van der Waals surface area contributed by atoms with E-state index in [0.717, 1.165) is 65.2 Å². The van der Waals surface area contributed by atoms with Crippen LogP contribution in [0.25, 0.3) is 5.70 Å². The van der Waals surface area contributed by atoms with Gasteiger partial charge in [-0.1, -0.05) is 12.6 Å². The van der Waals surface area contributed by atoms with Gasteiger partial charge in [-0.3, -0.25) is 15.4 Å². The van der Waals surface area contributed by atoms with Crippen molar-refractivity contribution in [2.75, 3.05) is 23.7 Å². The fraction of sp³-hybridized carbons (Fsp3) is 0.318. The van der Waals surface area contributed by atoms with Crippen molar-refractivity contribution < 1.29 is 0 Å². The normalized spacial score (nSPS) is 18.8. The summed E-state index contributed by atoms with van der Waals surface area (Å²) in [6.07, 6.45) is 3.69. The number of amidine groups is 1. The molecule has 1 atom stereocenters. The van der Waals surface area contributed by atoms with Crippen LogP contribution in [0.2, 0.25) is 0 Å². The Labute approximate surface area is 185 Å². The molecule has 3 aromatic rings. The third-order valence-electron chi connectivity index (χ3n) is 5.63. The van der Waals surface area contributed by atoms with Crippen LogP contribution in [0.5, 0.6) is 0 Å². The van der Waals surface area contributed by atoms with Crippen molar-refractivity contribution in [3.63, 3.8) is 0 Å². The molecule has 160 valence electrons. The third kappa shape index (κ3) is 4.33. The molecule has 0 bridgehead atoms. The van der Waals surface area contributed by atoms with Gasteiger partial charge in [0.2, 0.25) is 0 Å². The van der Waals surface area contributed by atoms with Crippen molar-refractivity contribution >= 4 is 33.7 Å². The Morgan fingerprint density at radius 1 is 1.26 bits per heavy atom. The van der Waals surface area contributed by atoms with Crippen molar-refractivity contribution in [2.24, 2.45) is 4.99 Å². The Kier molecular flexibility index (Phi) is 5.44. The molecule has 31 heavy (non-hydrogen) atoms. The van der Waals surface area contributed by atoms with E-state index in [1.54, 1.807) is 11.3 Å². The van der Waals surface area contributed by atoms with Crippen LogP contribution in [0.3, 0.4) is 0 Å². The molecule has 2 aliphatic rings. The first kappa shape index (κ1) is 19.8. The first-order valence-electron chi connectivity index (χ1n) is 10.5. The molecule has 0 spiro atoms. The second-order valence-corrected chi connectivity index (χ2v) is 8.75. The van der Waals surface area contributed by atoms with Crippen LogP contribution in [-0.2, 0) is 0 Å². The maximum absolute atomic E-state index is 4.89. The second-order valence-electron chi connectivity index (χ2n) is 7.84. The van der Waals surface area contributed by atoms with Gasteiger partial charge in [0, 0.05) is 37.1 Å². The number of aromatic nitrogens is 3. The summed E-state index contributed by atoms with van der Waals surface area (Å²) >= 11 is 1.69. The lowest BCUT2D eigenvalue weighted by molar-refractivity contribution is 0.262. The minimum atomic E-state index is -0.177. The van der Waals surface area contributed by atoms with Crippen molar-refractivity contribution in [2.45, 2.75) is 32.1 Å². The lowest BCUT2D eigenvalue weighted by atomic mass is 10.0. The Balaban J connectivity index is 1.22. The maximum Gasteiger partial charge on any atom is 0.176 e. The van der Waals surface area contributed by atoms with E-state index in [0.29, 0.717) is 6.04 Å². The molecule has 2 aliphatic heterocycles. The van der Waals surface area contributed by atoms with E-state index in [1.807, 2.05) is 37.4 Å². The van der Waals surface area contributed by atoms with Gasteiger partial charge < -0.3 is 15.5 Å². The molecule has 0 saturated carbocycles. The lowest BCUT2D eigenvalue weighted by Gasteiger charge is -2.36. The molecule has 0 aliphatic carbocycles. The van der Waals surface area contributed by atoms with E-state index in [1.165, 1.54) is 0 Å². The summed E-state index contributed by atoms with van der Waals surface area (Å²) < 4.78 is 0. The van der Waals surface area contributed by atoms with E-state index in [9.17, 15) is 0 Å². The summed E-state index contributed by atoms with van der Waals surface area (Å²) in [5, 5.41) is 21.0. The van der Waals surface area contributed by atoms with Crippen molar-refractivity contribution in [1.29, 1.82) is 0 Å². The lowest BCUT2D eigenvalue weighted by Crippen LogP contribution is -2.49. The molecule has 0 amide bonds. The number of fused-ring (bicyclic) bond motifs is 1. The van der Waals surface area contributed by atoms with Gasteiger partial charge in [0.1, 0.15) is 10.8 Å². The number of nitrogens with zero attached hydrogens (tertiary/aromatic N) is 4. The monoisotopic (exact) mass is 434 g/mol. The minimum Gasteiger partial charge on any atom is -0.370 e. The van der Waals surface area contributed by atoms with Gasteiger partial charge in [-0.25, -0.2) is 4.99 Å². The van der Waals surface area contributed by atoms with Gasteiger partial charge in [0.15, 0.2) is 12.1 Å². The van der Waals surface area contributed by atoms with Crippen LogP contribution in [0.15, 0.2) is 53.5 Å². The van der Waals surface area contributed by atoms with Crippen LogP contribution in [0, 0.1) is 6.92 Å². The number of pyridine rings is 1. The van der Waals surface area contributed by atoms with E-state index in [-0.39, 0.29) is 6.29 Å². The first-order chi connectivity index (χ1) is 15.2. The first-order valence-corrected chi connectivity index (χ1v) is 11.4. The molecular formula is C22H26N8S. The molecule has 0 radical (unpaired) electrons. The summed E-state index contributed by atoms with van der Waals surface area (Å²) in [4.78, 5) is 11.6. The predicted octanol–water partition coefficient (Wildman–Crippen LogP) is 3.47. The van der Waals surface area contributed by atoms with Crippen molar-refractivity contribution in [1.82, 2.24) is 25.4 Å². The minimum absolute atomic E-state index is 0.177. The molecule has 4 N–H and O–H groups in total. The van der Waals surface area contributed by atoms with E-state index in [2.05, 4.69) is 54.1 Å². The predicted molar refractivity (Wildman–Crippen MR) is 126 cm³/mol. The van der Waals surface area contributed by atoms with E-state index in [4.69, 9.17) is 4.99 Å². The Morgan fingerprint density at radius 3 is 2.87 bits per heavy atom. The summed E-state index contributed by atoms with van der Waals surface area (Å²) in [6.45, 7) is 8.14. The number of thiophene rings is 1. The SMILES string of the molecule is C=C(c1ccccn1)N1CCC(NC2N=C(Nc3cc(C)[nH]n3)c3ccsc3N2)CC1. The fourth-order valence-electron chi connectivity index (χ4n) is 3.98. The van der Waals surface area contributed by atoms with Gasteiger partial charge >= 0.3 is 0 Å². The topological polar surface area (TPSA) is 93.3 Å². The number of aryl methyl sites for hydroxylation is 1. The number of H-pyrrole nitrogens is 1. The highest BCUT2D eigenvalue weighted by molar-refractivity contribution is 7.14. The molecule has 9 heteroatoms. The van der Waals surface area contributed by atoms with Crippen molar-refractivity contribution in [3.8, 4) is 0 Å². The Hall–Kier alpha value is -3.17. The number of rotatable bonds is 5. The highest BCUT2D eigenvalue weighted by Gasteiger charge is 2.27. The molecule has 0 aromatic carbocycles. The average Bonchev–Trinajstić information content (AvgIpc) is 3.43. The largest absolute Gasteiger partial charge is 0.370 e. The quantitative estimate of drug-likeness (QED) is 0.491. The van der Waals surface area contributed by atoms with E-state index < -0.39 is 0 Å². The van der Waals surface area contributed by atoms with Gasteiger partial charge in [-0.05, 0) is 43.3 Å². The summed E-state index contributed by atoms with van der Waals surface area (Å²) in [6, 6.07) is 10.4. The number of hydrogen-bond donors (Lipinski definition) is 4. The van der Waals surface area contributed by atoms with Gasteiger partial charge in [0.05, 0.1) is 17.0 Å². The van der Waals surface area contributed by atoms with Gasteiger partial charge in [0.25, 0.3) is 0 Å². The second kappa shape index (κ2) is 8.52. The highest BCUT2D eigenvalue weighted by atomic mass is 32.1. The average molecular weight is 435 g/mol. The number of anilines is 2. The zero-order valence-corrected chi connectivity index (χ0v) is 18.2. The molecule has 1 fully saturated rings. The van der Waals surface area contributed by atoms with Crippen LogP contribution < -0.4 is 16.0 Å². The molecule has 1 unspecified atom stereocenters. The number of aliphatic imine (C=N–C) groups is 1. The molecule has 1 saturated heterocycles. The number of nitrogens with one attached hydrogen (secondary N) is 4. The highest BCUT2D eigenvalue weighted by Crippen LogP contribution is 2.29. The Morgan fingerprint density at radius 2 is 2.13 bits per heavy atom. The standard InChI is InChI=1S/C22H26N8S/c1-14-13-19(29-28-14)25-20-17-8-12-31-21(17)27-22(26-20)24-16-6-10-30(11-7-16)15(2)18-5-3-4-9-23-18/h3-5,8-9,12-13,16,22,24,27H,2,6-7,10-11H2,1H3,(H2,25,26,28,29). The molecule has 3 aromatic heterocycles. The number of piperidine rings is 1. The number of hydrogen-bond acceptors (Lipinski definition) is 8. The van der Waals surface area contributed by atoms with Crippen LogP contribution >= 0.6 is 11.3 Å². The summed E-state index contributed by atoms with van der Waals surface area (Å²) in [5.41, 5.74) is 4.03.